The Morgan fingerprint density at radius 1 is 1.14 bits per heavy atom. The van der Waals surface area contributed by atoms with Crippen LogP contribution in [-0.2, 0) is 9.59 Å². The molecule has 1 aliphatic heterocycles. The molecule has 1 saturated heterocycles. The van der Waals surface area contributed by atoms with Gasteiger partial charge < -0.3 is 10.0 Å². The number of benzene rings is 1. The zero-order valence-electron chi connectivity index (χ0n) is 12.5. The highest BCUT2D eigenvalue weighted by Gasteiger charge is 2.46. The molecule has 0 unspecified atom stereocenters. The van der Waals surface area contributed by atoms with Crippen LogP contribution in [0.25, 0.3) is 6.08 Å². The first-order valence-electron chi connectivity index (χ1n) is 7.95. The van der Waals surface area contributed by atoms with E-state index >= 15 is 0 Å². The van der Waals surface area contributed by atoms with Crippen molar-refractivity contribution in [1.29, 1.82) is 0 Å². The van der Waals surface area contributed by atoms with E-state index in [9.17, 15) is 14.7 Å². The first-order chi connectivity index (χ1) is 10.7. The number of carboxylic acids is 1. The van der Waals surface area contributed by atoms with Crippen molar-refractivity contribution >= 4 is 18.0 Å². The van der Waals surface area contributed by atoms with E-state index in [4.69, 9.17) is 0 Å². The third-order valence-corrected chi connectivity index (χ3v) is 4.85. The SMILES string of the molecule is O=C(O)[C@@H]1C[C@H]2CCCC[C@H]2N1C(=O)/C=C/c1ccccc1. The number of nitrogens with zero attached hydrogens (tertiary/aromatic N) is 1. The van der Waals surface area contributed by atoms with Gasteiger partial charge in [-0.2, -0.15) is 0 Å². The van der Waals surface area contributed by atoms with Gasteiger partial charge in [0.25, 0.3) is 0 Å². The largest absolute Gasteiger partial charge is 0.480 e. The Hall–Kier alpha value is -2.10. The van der Waals surface area contributed by atoms with Crippen molar-refractivity contribution < 1.29 is 14.7 Å². The van der Waals surface area contributed by atoms with Crippen molar-refractivity contribution in [2.75, 3.05) is 0 Å². The lowest BCUT2D eigenvalue weighted by Gasteiger charge is -2.32. The fourth-order valence-corrected chi connectivity index (χ4v) is 3.82. The molecule has 1 saturated carbocycles. The first-order valence-corrected chi connectivity index (χ1v) is 7.95. The van der Waals surface area contributed by atoms with Gasteiger partial charge in [0.2, 0.25) is 5.91 Å². The number of carbonyl (C=O) groups excluding carboxylic acids is 1. The predicted molar refractivity (Wildman–Crippen MR) is 84.1 cm³/mol. The molecular weight excluding hydrogens is 278 g/mol. The van der Waals surface area contributed by atoms with E-state index in [1.807, 2.05) is 30.3 Å². The summed E-state index contributed by atoms with van der Waals surface area (Å²) < 4.78 is 0. The van der Waals surface area contributed by atoms with Crippen LogP contribution in [-0.4, -0.2) is 34.0 Å². The molecular formula is C18H21NO3. The Kier molecular flexibility index (Phi) is 4.27. The number of carbonyl (C=O) groups is 2. The quantitative estimate of drug-likeness (QED) is 0.873. The molecule has 22 heavy (non-hydrogen) atoms. The molecule has 0 spiro atoms. The van der Waals surface area contributed by atoms with Gasteiger partial charge in [-0.15, -0.1) is 0 Å². The number of hydrogen-bond donors (Lipinski definition) is 1. The molecule has 1 aromatic carbocycles. The number of carboxylic acid groups (broad SMARTS) is 1. The minimum Gasteiger partial charge on any atom is -0.480 e. The normalized spacial score (nSPS) is 27.8. The van der Waals surface area contributed by atoms with Gasteiger partial charge in [-0.1, -0.05) is 43.2 Å². The number of hydrogen-bond acceptors (Lipinski definition) is 2. The third-order valence-electron chi connectivity index (χ3n) is 4.85. The fourth-order valence-electron chi connectivity index (χ4n) is 3.82. The second kappa shape index (κ2) is 6.34. The highest BCUT2D eigenvalue weighted by Crippen LogP contribution is 2.39. The summed E-state index contributed by atoms with van der Waals surface area (Å²) in [5.74, 6) is -0.703. The summed E-state index contributed by atoms with van der Waals surface area (Å²) in [6, 6.07) is 9.03. The van der Waals surface area contributed by atoms with Gasteiger partial charge in [0, 0.05) is 12.1 Å². The van der Waals surface area contributed by atoms with Crippen LogP contribution in [0.1, 0.15) is 37.7 Å². The van der Waals surface area contributed by atoms with E-state index in [-0.39, 0.29) is 11.9 Å². The van der Waals surface area contributed by atoms with Crippen LogP contribution in [0.5, 0.6) is 0 Å². The molecule has 3 atom stereocenters. The Morgan fingerprint density at radius 2 is 1.86 bits per heavy atom. The van der Waals surface area contributed by atoms with Gasteiger partial charge in [0.1, 0.15) is 6.04 Å². The second-order valence-corrected chi connectivity index (χ2v) is 6.19. The molecule has 0 aromatic heterocycles. The van der Waals surface area contributed by atoms with Crippen LogP contribution < -0.4 is 0 Å². The summed E-state index contributed by atoms with van der Waals surface area (Å²) >= 11 is 0. The maximum atomic E-state index is 12.6. The number of rotatable bonds is 3. The molecule has 2 fully saturated rings. The maximum Gasteiger partial charge on any atom is 0.326 e. The van der Waals surface area contributed by atoms with Crippen LogP contribution in [0, 0.1) is 5.92 Å². The van der Waals surface area contributed by atoms with Crippen LogP contribution in [0.15, 0.2) is 36.4 Å². The molecule has 1 N–H and O–H groups in total. The van der Waals surface area contributed by atoms with E-state index in [1.54, 1.807) is 11.0 Å². The molecule has 0 radical (unpaired) electrons. The van der Waals surface area contributed by atoms with E-state index in [0.29, 0.717) is 12.3 Å². The van der Waals surface area contributed by atoms with Crippen LogP contribution >= 0.6 is 0 Å². The molecule has 1 heterocycles. The standard InChI is InChI=1S/C18H21NO3/c20-17(11-10-13-6-2-1-3-7-13)19-15-9-5-4-8-14(15)12-16(19)18(21)22/h1-3,6-7,10-11,14-16H,4-5,8-9,12H2,(H,21,22)/b11-10+/t14-,15-,16+/m1/s1. The molecule has 3 rings (SSSR count). The molecule has 0 bridgehead atoms. The highest BCUT2D eigenvalue weighted by atomic mass is 16.4. The molecule has 1 aliphatic carbocycles. The van der Waals surface area contributed by atoms with Gasteiger partial charge in [-0.3, -0.25) is 4.79 Å². The molecule has 1 aromatic rings. The Morgan fingerprint density at radius 3 is 2.59 bits per heavy atom. The van der Waals surface area contributed by atoms with E-state index < -0.39 is 12.0 Å². The van der Waals surface area contributed by atoms with E-state index in [1.165, 1.54) is 6.08 Å². The Labute approximate surface area is 130 Å². The third kappa shape index (κ3) is 2.91. The number of fused-ring (bicyclic) bond motifs is 1. The topological polar surface area (TPSA) is 57.6 Å². The summed E-state index contributed by atoms with van der Waals surface area (Å²) in [6.45, 7) is 0. The molecule has 4 nitrogen and oxygen atoms in total. The van der Waals surface area contributed by atoms with Crippen LogP contribution in [0.2, 0.25) is 0 Å². The highest BCUT2D eigenvalue weighted by molar-refractivity contribution is 5.95. The summed E-state index contributed by atoms with van der Waals surface area (Å²) in [4.78, 5) is 25.7. The summed E-state index contributed by atoms with van der Waals surface area (Å²) in [7, 11) is 0. The minimum atomic E-state index is -0.879. The zero-order chi connectivity index (χ0) is 15.5. The second-order valence-electron chi connectivity index (χ2n) is 6.19. The van der Waals surface area contributed by atoms with E-state index in [0.717, 1.165) is 31.2 Å². The van der Waals surface area contributed by atoms with Crippen molar-refractivity contribution in [3.63, 3.8) is 0 Å². The van der Waals surface area contributed by atoms with Crippen molar-refractivity contribution in [2.24, 2.45) is 5.92 Å². The fraction of sp³-hybridized carbons (Fsp3) is 0.444. The Bertz CT molecular complexity index is 581. The van der Waals surface area contributed by atoms with Crippen molar-refractivity contribution in [3.05, 3.63) is 42.0 Å². The van der Waals surface area contributed by atoms with Gasteiger partial charge in [0.05, 0.1) is 0 Å². The average Bonchev–Trinajstić information content (AvgIpc) is 2.93. The molecule has 4 heteroatoms. The molecule has 2 aliphatic rings. The smallest absolute Gasteiger partial charge is 0.326 e. The first kappa shape index (κ1) is 14.8. The van der Waals surface area contributed by atoms with Crippen molar-refractivity contribution in [3.8, 4) is 0 Å². The summed E-state index contributed by atoms with van der Waals surface area (Å²) in [5.41, 5.74) is 0.946. The summed E-state index contributed by atoms with van der Waals surface area (Å²) in [5, 5.41) is 9.45. The van der Waals surface area contributed by atoms with E-state index in [2.05, 4.69) is 0 Å². The predicted octanol–water partition coefficient (Wildman–Crippen LogP) is 2.94. The number of likely N-dealkylation sites (tertiary alicyclic amines) is 1. The van der Waals surface area contributed by atoms with Crippen LogP contribution in [0.3, 0.4) is 0 Å². The molecule has 1 amide bonds. The van der Waals surface area contributed by atoms with Crippen molar-refractivity contribution in [2.45, 2.75) is 44.2 Å². The van der Waals surface area contributed by atoms with Crippen LogP contribution in [0.4, 0.5) is 0 Å². The minimum absolute atomic E-state index is 0.0998. The number of amides is 1. The number of aliphatic carboxylic acids is 1. The summed E-state index contributed by atoms with van der Waals surface area (Å²) in [6.07, 6.45) is 8.08. The lowest BCUT2D eigenvalue weighted by molar-refractivity contribution is -0.147. The molecule has 116 valence electrons. The zero-order valence-corrected chi connectivity index (χ0v) is 12.5. The van der Waals surface area contributed by atoms with Crippen molar-refractivity contribution in [1.82, 2.24) is 4.90 Å². The van der Waals surface area contributed by atoms with Gasteiger partial charge in [-0.25, -0.2) is 4.79 Å². The average molecular weight is 299 g/mol. The maximum absolute atomic E-state index is 12.6. The monoisotopic (exact) mass is 299 g/mol. The van der Waals surface area contributed by atoms with Gasteiger partial charge in [-0.05, 0) is 36.8 Å². The van der Waals surface area contributed by atoms with Gasteiger partial charge >= 0.3 is 5.97 Å². The lowest BCUT2D eigenvalue weighted by Crippen LogP contribution is -2.45. The Balaban J connectivity index is 1.79. The lowest BCUT2D eigenvalue weighted by atomic mass is 9.85. The van der Waals surface area contributed by atoms with Gasteiger partial charge in [0.15, 0.2) is 0 Å².